The molecule has 0 atom stereocenters. The third kappa shape index (κ3) is 3.21. The van der Waals surface area contributed by atoms with Gasteiger partial charge < -0.3 is 9.88 Å². The van der Waals surface area contributed by atoms with Gasteiger partial charge in [-0.25, -0.2) is 8.78 Å². The molecule has 0 unspecified atom stereocenters. The number of pyridine rings is 1. The fourth-order valence-electron chi connectivity index (χ4n) is 2.37. The zero-order valence-corrected chi connectivity index (χ0v) is 13.8. The summed E-state index contributed by atoms with van der Waals surface area (Å²) in [6.45, 7) is -0.193. The number of nitrogens with zero attached hydrogens (tertiary/aromatic N) is 1. The molecule has 2 aromatic carbocycles. The molecule has 4 nitrogen and oxygen atoms in total. The van der Waals surface area contributed by atoms with Crippen LogP contribution in [-0.2, 0) is 11.3 Å². The molecule has 0 saturated carbocycles. The van der Waals surface area contributed by atoms with E-state index in [1.807, 2.05) is 0 Å². The molecule has 0 saturated heterocycles. The predicted octanol–water partition coefficient (Wildman–Crippen LogP) is 3.68. The Morgan fingerprint density at radius 2 is 1.83 bits per heavy atom. The molecule has 1 amide bonds. The lowest BCUT2D eigenvalue weighted by Gasteiger charge is -2.12. The van der Waals surface area contributed by atoms with Crippen LogP contribution < -0.4 is 10.7 Å². The lowest BCUT2D eigenvalue weighted by atomic mass is 10.2. The van der Waals surface area contributed by atoms with Gasteiger partial charge in [0.05, 0.1) is 5.52 Å². The minimum atomic E-state index is -0.851. The van der Waals surface area contributed by atoms with E-state index in [9.17, 15) is 18.4 Å². The number of hydrogen-bond donors (Lipinski definition) is 1. The van der Waals surface area contributed by atoms with Gasteiger partial charge in [-0.2, -0.15) is 0 Å². The van der Waals surface area contributed by atoms with Gasteiger partial charge in [0.2, 0.25) is 5.91 Å². The second kappa shape index (κ2) is 6.52. The third-order valence-electron chi connectivity index (χ3n) is 3.48. The van der Waals surface area contributed by atoms with E-state index in [4.69, 9.17) is 0 Å². The molecular formula is C17H11BrF2N2O2. The van der Waals surface area contributed by atoms with E-state index in [1.54, 1.807) is 18.2 Å². The first-order valence-corrected chi connectivity index (χ1v) is 7.77. The van der Waals surface area contributed by atoms with Gasteiger partial charge in [-0.3, -0.25) is 9.59 Å². The Morgan fingerprint density at radius 1 is 1.12 bits per heavy atom. The number of carbonyl (C=O) groups is 1. The molecule has 3 rings (SSSR count). The summed E-state index contributed by atoms with van der Waals surface area (Å²) < 4.78 is 29.5. The molecule has 0 spiro atoms. The first-order chi connectivity index (χ1) is 11.5. The molecule has 3 aromatic rings. The van der Waals surface area contributed by atoms with Crippen molar-refractivity contribution in [1.29, 1.82) is 0 Å². The van der Waals surface area contributed by atoms with Gasteiger partial charge in [-0.05, 0) is 30.3 Å². The van der Waals surface area contributed by atoms with Crippen molar-refractivity contribution in [2.75, 3.05) is 5.32 Å². The summed E-state index contributed by atoms with van der Waals surface area (Å²) in [7, 11) is 0. The smallest absolute Gasteiger partial charge is 0.244 e. The van der Waals surface area contributed by atoms with Crippen molar-refractivity contribution < 1.29 is 13.6 Å². The molecule has 1 aromatic heterocycles. The van der Waals surface area contributed by atoms with Crippen LogP contribution in [0.1, 0.15) is 0 Å². The number of nitrogens with one attached hydrogen (secondary N) is 1. The minimum absolute atomic E-state index is 0.172. The summed E-state index contributed by atoms with van der Waals surface area (Å²) in [5.74, 6) is -2.31. The van der Waals surface area contributed by atoms with Crippen LogP contribution >= 0.6 is 15.9 Å². The quantitative estimate of drug-likeness (QED) is 0.738. The number of amides is 1. The van der Waals surface area contributed by atoms with Crippen molar-refractivity contribution in [3.05, 3.63) is 75.0 Å². The maximum absolute atomic E-state index is 13.6. The summed E-state index contributed by atoms with van der Waals surface area (Å²) in [5.41, 5.74) is -0.121. The number of benzene rings is 2. The minimum Gasteiger partial charge on any atom is -0.338 e. The number of carbonyl (C=O) groups excluding carboxylic acids is 1. The number of rotatable bonds is 3. The van der Waals surface area contributed by atoms with Crippen molar-refractivity contribution in [2.24, 2.45) is 0 Å². The Hall–Kier alpha value is -2.54. The topological polar surface area (TPSA) is 51.1 Å². The second-order valence-corrected chi connectivity index (χ2v) is 6.03. The molecule has 0 aliphatic heterocycles. The van der Waals surface area contributed by atoms with Crippen LogP contribution in [0, 0.1) is 11.6 Å². The highest BCUT2D eigenvalue weighted by atomic mass is 79.9. The zero-order valence-electron chi connectivity index (χ0n) is 12.2. The molecule has 7 heteroatoms. The van der Waals surface area contributed by atoms with E-state index in [1.165, 1.54) is 22.9 Å². The van der Waals surface area contributed by atoms with Gasteiger partial charge in [0.1, 0.15) is 23.9 Å². The van der Waals surface area contributed by atoms with Gasteiger partial charge in [-0.15, -0.1) is 0 Å². The molecule has 0 radical (unpaired) electrons. The highest BCUT2D eigenvalue weighted by Crippen LogP contribution is 2.19. The van der Waals surface area contributed by atoms with Gasteiger partial charge in [0, 0.05) is 22.1 Å². The second-order valence-electron chi connectivity index (χ2n) is 5.11. The Balaban J connectivity index is 1.93. The van der Waals surface area contributed by atoms with Crippen molar-refractivity contribution in [1.82, 2.24) is 4.57 Å². The Morgan fingerprint density at radius 3 is 2.54 bits per heavy atom. The monoisotopic (exact) mass is 392 g/mol. The summed E-state index contributed by atoms with van der Waals surface area (Å²) in [6.07, 6.45) is 1.47. The number of para-hydroxylation sites is 1. The average molecular weight is 393 g/mol. The lowest BCUT2D eigenvalue weighted by Crippen LogP contribution is -2.21. The van der Waals surface area contributed by atoms with Crippen LogP contribution in [0.2, 0.25) is 0 Å². The summed E-state index contributed by atoms with van der Waals surface area (Å²) in [4.78, 5) is 24.0. The van der Waals surface area contributed by atoms with E-state index in [2.05, 4.69) is 21.2 Å². The molecule has 122 valence electrons. The van der Waals surface area contributed by atoms with Gasteiger partial charge >= 0.3 is 0 Å². The fourth-order valence-corrected chi connectivity index (χ4v) is 2.72. The Labute approximate surface area is 143 Å². The SMILES string of the molecule is O=C(Cn1ccc(=O)c2ccc(Br)cc21)Nc1c(F)cccc1F. The first-order valence-electron chi connectivity index (χ1n) is 6.98. The number of fused-ring (bicyclic) bond motifs is 1. The molecule has 0 aliphatic carbocycles. The van der Waals surface area contributed by atoms with Crippen LogP contribution in [0.5, 0.6) is 0 Å². The highest BCUT2D eigenvalue weighted by Gasteiger charge is 2.13. The van der Waals surface area contributed by atoms with Gasteiger partial charge in [0.15, 0.2) is 5.43 Å². The molecule has 1 heterocycles. The number of aromatic nitrogens is 1. The molecule has 0 bridgehead atoms. The van der Waals surface area contributed by atoms with Gasteiger partial charge in [-0.1, -0.05) is 22.0 Å². The van der Waals surface area contributed by atoms with Crippen LogP contribution in [0.25, 0.3) is 10.9 Å². The average Bonchev–Trinajstić information content (AvgIpc) is 2.54. The molecule has 1 N–H and O–H groups in total. The Kier molecular flexibility index (Phi) is 4.44. The lowest BCUT2D eigenvalue weighted by molar-refractivity contribution is -0.116. The maximum atomic E-state index is 13.6. The number of halogens is 3. The summed E-state index contributed by atoms with van der Waals surface area (Å²) in [6, 6.07) is 9.75. The maximum Gasteiger partial charge on any atom is 0.244 e. The van der Waals surface area contributed by atoms with Crippen molar-refractivity contribution in [3.63, 3.8) is 0 Å². The van der Waals surface area contributed by atoms with Crippen LogP contribution in [0.4, 0.5) is 14.5 Å². The van der Waals surface area contributed by atoms with E-state index in [0.717, 1.165) is 16.6 Å². The molecule has 0 aliphatic rings. The van der Waals surface area contributed by atoms with Crippen molar-refractivity contribution in [3.8, 4) is 0 Å². The summed E-state index contributed by atoms with van der Waals surface area (Å²) in [5, 5.41) is 2.67. The van der Waals surface area contributed by atoms with Gasteiger partial charge in [0.25, 0.3) is 0 Å². The van der Waals surface area contributed by atoms with E-state index in [-0.39, 0.29) is 12.0 Å². The summed E-state index contributed by atoms with van der Waals surface area (Å²) >= 11 is 3.32. The third-order valence-corrected chi connectivity index (χ3v) is 3.97. The zero-order chi connectivity index (χ0) is 17.3. The van der Waals surface area contributed by atoms with Crippen LogP contribution in [-0.4, -0.2) is 10.5 Å². The van der Waals surface area contributed by atoms with E-state index in [0.29, 0.717) is 10.9 Å². The van der Waals surface area contributed by atoms with E-state index >= 15 is 0 Å². The first kappa shape index (κ1) is 16.3. The molecule has 24 heavy (non-hydrogen) atoms. The fraction of sp³-hybridized carbons (Fsp3) is 0.0588. The van der Waals surface area contributed by atoms with E-state index < -0.39 is 23.2 Å². The largest absolute Gasteiger partial charge is 0.338 e. The normalized spacial score (nSPS) is 10.8. The predicted molar refractivity (Wildman–Crippen MR) is 90.9 cm³/mol. The molecular weight excluding hydrogens is 382 g/mol. The number of hydrogen-bond acceptors (Lipinski definition) is 2. The van der Waals surface area contributed by atoms with Crippen LogP contribution in [0.15, 0.2) is 57.9 Å². The van der Waals surface area contributed by atoms with Crippen molar-refractivity contribution >= 4 is 38.4 Å². The Bertz CT molecular complexity index is 981. The highest BCUT2D eigenvalue weighted by molar-refractivity contribution is 9.10. The van der Waals surface area contributed by atoms with Crippen molar-refractivity contribution in [2.45, 2.75) is 6.54 Å². The molecule has 0 fully saturated rings. The van der Waals surface area contributed by atoms with Crippen LogP contribution in [0.3, 0.4) is 0 Å². The standard InChI is InChI=1S/C17H11BrF2N2O2/c18-10-4-5-11-14(8-10)22(7-6-15(11)23)9-16(24)21-17-12(19)2-1-3-13(17)20/h1-8H,9H2,(H,21,24). The number of anilines is 1.